The van der Waals surface area contributed by atoms with E-state index in [4.69, 9.17) is 10.00 Å². The number of nitrogens with one attached hydrogen (secondary N) is 1. The highest BCUT2D eigenvalue weighted by Crippen LogP contribution is 2.27. The Bertz CT molecular complexity index is 1170. The van der Waals surface area contributed by atoms with Crippen molar-refractivity contribution in [1.82, 2.24) is 0 Å². The van der Waals surface area contributed by atoms with Crippen molar-refractivity contribution in [3.8, 4) is 23.3 Å². The molecule has 0 radical (unpaired) electrons. The van der Waals surface area contributed by atoms with Crippen molar-refractivity contribution >= 4 is 17.6 Å². The normalized spacial score (nSPS) is 10.9. The maximum atomic E-state index is 12.8. The van der Waals surface area contributed by atoms with E-state index in [1.54, 1.807) is 72.8 Å². The van der Waals surface area contributed by atoms with Gasteiger partial charge in [-0.25, -0.2) is 4.79 Å². The zero-order valence-corrected chi connectivity index (χ0v) is 16.1. The highest BCUT2D eigenvalue weighted by molar-refractivity contribution is 6.01. The first-order chi connectivity index (χ1) is 14.5. The first-order valence-electron chi connectivity index (χ1n) is 9.14. The lowest BCUT2D eigenvalue weighted by Gasteiger charge is -2.15. The Balaban J connectivity index is 1.77. The number of amides is 1. The number of carbonyl (C=O) groups is 2. The molecular weight excluding hydrogens is 378 g/mol. The van der Waals surface area contributed by atoms with Crippen LogP contribution in [-0.4, -0.2) is 18.0 Å². The monoisotopic (exact) mass is 395 g/mol. The highest BCUT2D eigenvalue weighted by Gasteiger charge is 2.22. The van der Waals surface area contributed by atoms with Crippen LogP contribution in [-0.2, 0) is 9.53 Å². The lowest BCUT2D eigenvalue weighted by atomic mass is 9.96. The van der Waals surface area contributed by atoms with E-state index >= 15 is 0 Å². The fourth-order valence-electron chi connectivity index (χ4n) is 2.86. The van der Waals surface area contributed by atoms with E-state index in [1.807, 2.05) is 6.07 Å². The van der Waals surface area contributed by atoms with Gasteiger partial charge >= 0.3 is 5.97 Å². The third-order valence-electron chi connectivity index (χ3n) is 4.42. The van der Waals surface area contributed by atoms with Gasteiger partial charge in [-0.05, 0) is 48.9 Å². The standard InChI is InChI=1S/C24H17N3O3/c1-16(23(28)27-19-12-10-17(14-25)11-13-19)30-24(29)22-9-5-4-8-21(22)20-7-3-2-6-18(20)15-26/h2-13,16H,1H3,(H,27,28)/t16-/m0/s1. The first kappa shape index (κ1) is 20.3. The number of nitriles is 2. The molecule has 30 heavy (non-hydrogen) atoms. The molecule has 0 saturated heterocycles. The molecule has 0 aliphatic rings. The molecule has 0 saturated carbocycles. The lowest BCUT2D eigenvalue weighted by Crippen LogP contribution is -2.30. The van der Waals surface area contributed by atoms with Gasteiger partial charge < -0.3 is 10.1 Å². The third-order valence-corrected chi connectivity index (χ3v) is 4.42. The molecule has 0 unspecified atom stereocenters. The second kappa shape index (κ2) is 9.18. The molecule has 3 aromatic carbocycles. The summed E-state index contributed by atoms with van der Waals surface area (Å²) >= 11 is 0. The van der Waals surface area contributed by atoms with Gasteiger partial charge in [-0.15, -0.1) is 0 Å². The van der Waals surface area contributed by atoms with Crippen LogP contribution in [0.15, 0.2) is 72.8 Å². The zero-order valence-electron chi connectivity index (χ0n) is 16.1. The van der Waals surface area contributed by atoms with E-state index in [0.29, 0.717) is 27.9 Å². The van der Waals surface area contributed by atoms with Gasteiger partial charge in [0, 0.05) is 11.3 Å². The fourth-order valence-corrected chi connectivity index (χ4v) is 2.86. The number of hydrogen-bond acceptors (Lipinski definition) is 5. The Morgan fingerprint density at radius 1 is 0.867 bits per heavy atom. The van der Waals surface area contributed by atoms with Crippen LogP contribution in [0.1, 0.15) is 28.4 Å². The topological polar surface area (TPSA) is 103 Å². The highest BCUT2D eigenvalue weighted by atomic mass is 16.5. The minimum atomic E-state index is -1.05. The van der Waals surface area contributed by atoms with E-state index in [2.05, 4.69) is 11.4 Å². The van der Waals surface area contributed by atoms with Crippen molar-refractivity contribution in [2.24, 2.45) is 0 Å². The van der Waals surface area contributed by atoms with Crippen molar-refractivity contribution < 1.29 is 14.3 Å². The molecule has 0 fully saturated rings. The Hall–Kier alpha value is -4.42. The predicted molar refractivity (Wildman–Crippen MR) is 111 cm³/mol. The van der Waals surface area contributed by atoms with Gasteiger partial charge in [0.25, 0.3) is 5.91 Å². The third kappa shape index (κ3) is 4.52. The van der Waals surface area contributed by atoms with Crippen LogP contribution in [0.2, 0.25) is 0 Å². The first-order valence-corrected chi connectivity index (χ1v) is 9.14. The molecule has 6 nitrogen and oxygen atoms in total. The molecule has 1 amide bonds. The average molecular weight is 395 g/mol. The van der Waals surface area contributed by atoms with Crippen molar-refractivity contribution in [2.75, 3.05) is 5.32 Å². The van der Waals surface area contributed by atoms with Crippen LogP contribution in [0.5, 0.6) is 0 Å². The minimum Gasteiger partial charge on any atom is -0.449 e. The van der Waals surface area contributed by atoms with Crippen molar-refractivity contribution in [2.45, 2.75) is 13.0 Å². The van der Waals surface area contributed by atoms with Gasteiger partial charge in [0.15, 0.2) is 6.10 Å². The summed E-state index contributed by atoms with van der Waals surface area (Å²) in [6.07, 6.45) is -1.05. The van der Waals surface area contributed by atoms with E-state index in [0.717, 1.165) is 0 Å². The minimum absolute atomic E-state index is 0.262. The number of carbonyl (C=O) groups excluding carboxylic acids is 2. The van der Waals surface area contributed by atoms with Crippen LogP contribution in [0.3, 0.4) is 0 Å². The summed E-state index contributed by atoms with van der Waals surface area (Å²) < 4.78 is 5.36. The van der Waals surface area contributed by atoms with E-state index < -0.39 is 18.0 Å². The number of benzene rings is 3. The SMILES string of the molecule is C[C@H](OC(=O)c1ccccc1-c1ccccc1C#N)C(=O)Nc1ccc(C#N)cc1. The molecular formula is C24H17N3O3. The Labute approximate surface area is 174 Å². The molecule has 146 valence electrons. The smallest absolute Gasteiger partial charge is 0.339 e. The molecule has 3 aromatic rings. The molecule has 0 bridgehead atoms. The second-order valence-electron chi connectivity index (χ2n) is 6.43. The zero-order chi connectivity index (χ0) is 21.5. The molecule has 3 rings (SSSR count). The quantitative estimate of drug-likeness (QED) is 0.650. The summed E-state index contributed by atoms with van der Waals surface area (Å²) in [5, 5.41) is 20.8. The number of nitrogens with zero attached hydrogens (tertiary/aromatic N) is 2. The number of ether oxygens (including phenoxy) is 1. The van der Waals surface area contributed by atoms with Gasteiger partial charge in [-0.1, -0.05) is 36.4 Å². The van der Waals surface area contributed by atoms with Crippen LogP contribution in [0, 0.1) is 22.7 Å². The maximum absolute atomic E-state index is 12.8. The van der Waals surface area contributed by atoms with Crippen LogP contribution < -0.4 is 5.32 Å². The Morgan fingerprint density at radius 2 is 1.50 bits per heavy atom. The summed E-state index contributed by atoms with van der Waals surface area (Å²) in [7, 11) is 0. The number of esters is 1. The number of rotatable bonds is 5. The maximum Gasteiger partial charge on any atom is 0.339 e. The van der Waals surface area contributed by atoms with Crippen LogP contribution in [0.25, 0.3) is 11.1 Å². The molecule has 0 aliphatic heterocycles. The number of hydrogen-bond donors (Lipinski definition) is 1. The second-order valence-corrected chi connectivity index (χ2v) is 6.43. The molecule has 1 N–H and O–H groups in total. The predicted octanol–water partition coefficient (Wildman–Crippen LogP) is 4.28. The van der Waals surface area contributed by atoms with Gasteiger partial charge in [0.05, 0.1) is 28.8 Å². The molecule has 0 aliphatic carbocycles. The van der Waals surface area contributed by atoms with Gasteiger partial charge in [0.1, 0.15) is 0 Å². The lowest BCUT2D eigenvalue weighted by molar-refractivity contribution is -0.123. The van der Waals surface area contributed by atoms with Gasteiger partial charge in [-0.3, -0.25) is 4.79 Å². The Kier molecular flexibility index (Phi) is 6.22. The summed E-state index contributed by atoms with van der Waals surface area (Å²) in [5.74, 6) is -1.16. The Morgan fingerprint density at radius 3 is 2.17 bits per heavy atom. The van der Waals surface area contributed by atoms with Crippen molar-refractivity contribution in [3.63, 3.8) is 0 Å². The molecule has 6 heteroatoms. The average Bonchev–Trinajstić information content (AvgIpc) is 2.79. The summed E-state index contributed by atoms with van der Waals surface area (Å²) in [5.41, 5.74) is 2.83. The number of anilines is 1. The molecule has 0 spiro atoms. The summed E-state index contributed by atoms with van der Waals surface area (Å²) in [6.45, 7) is 1.47. The summed E-state index contributed by atoms with van der Waals surface area (Å²) in [6, 6.07) is 24.2. The van der Waals surface area contributed by atoms with Crippen molar-refractivity contribution in [3.05, 3.63) is 89.5 Å². The fraction of sp³-hybridized carbons (Fsp3) is 0.0833. The molecule has 1 atom stereocenters. The van der Waals surface area contributed by atoms with Gasteiger partial charge in [-0.2, -0.15) is 10.5 Å². The van der Waals surface area contributed by atoms with Gasteiger partial charge in [0.2, 0.25) is 0 Å². The molecule has 0 aromatic heterocycles. The van der Waals surface area contributed by atoms with Crippen LogP contribution in [0.4, 0.5) is 5.69 Å². The van der Waals surface area contributed by atoms with E-state index in [-0.39, 0.29) is 5.56 Å². The van der Waals surface area contributed by atoms with E-state index in [1.165, 1.54) is 6.92 Å². The summed E-state index contributed by atoms with van der Waals surface area (Å²) in [4.78, 5) is 25.2. The van der Waals surface area contributed by atoms with Crippen LogP contribution >= 0.6 is 0 Å². The van der Waals surface area contributed by atoms with Crippen molar-refractivity contribution in [1.29, 1.82) is 10.5 Å². The van der Waals surface area contributed by atoms with E-state index in [9.17, 15) is 14.9 Å². The molecule has 0 heterocycles. The largest absolute Gasteiger partial charge is 0.449 e.